The Balaban J connectivity index is 3.77. The minimum atomic E-state index is 0.0273. The van der Waals surface area contributed by atoms with E-state index in [1.54, 1.807) is 7.11 Å². The van der Waals surface area contributed by atoms with Gasteiger partial charge in [-0.3, -0.25) is 0 Å². The van der Waals surface area contributed by atoms with Crippen LogP contribution in [0.25, 0.3) is 0 Å². The van der Waals surface area contributed by atoms with E-state index < -0.39 is 0 Å². The number of rotatable bonds is 7. The summed E-state index contributed by atoms with van der Waals surface area (Å²) >= 11 is 0. The van der Waals surface area contributed by atoms with Crippen molar-refractivity contribution in [3.8, 4) is 0 Å². The predicted molar refractivity (Wildman–Crippen MR) is 60.4 cm³/mol. The molecule has 0 aromatic heterocycles. The standard InChI is InChI=1S/C12H24O2/c1-5-12(3,14-4)9-6-7-11(2)8-10-13/h8,13H,5-7,9-10H2,1-4H3/b11-8+. The van der Waals surface area contributed by atoms with Crippen LogP contribution < -0.4 is 0 Å². The largest absolute Gasteiger partial charge is 0.392 e. The van der Waals surface area contributed by atoms with Crippen molar-refractivity contribution in [2.24, 2.45) is 0 Å². The van der Waals surface area contributed by atoms with Crippen LogP contribution in [0.3, 0.4) is 0 Å². The van der Waals surface area contributed by atoms with Crippen LogP contribution in [-0.2, 0) is 4.74 Å². The monoisotopic (exact) mass is 200 g/mol. The second-order valence-corrected chi connectivity index (χ2v) is 4.09. The van der Waals surface area contributed by atoms with Crippen LogP contribution in [0.4, 0.5) is 0 Å². The van der Waals surface area contributed by atoms with E-state index in [2.05, 4.69) is 20.8 Å². The highest BCUT2D eigenvalue weighted by molar-refractivity contribution is 4.97. The molecule has 0 bridgehead atoms. The fourth-order valence-electron chi connectivity index (χ4n) is 1.42. The van der Waals surface area contributed by atoms with Crippen molar-refractivity contribution in [2.75, 3.05) is 13.7 Å². The molecule has 0 heterocycles. The number of aliphatic hydroxyl groups is 1. The van der Waals surface area contributed by atoms with E-state index in [0.29, 0.717) is 0 Å². The van der Waals surface area contributed by atoms with Crippen molar-refractivity contribution in [2.45, 2.75) is 52.1 Å². The highest BCUT2D eigenvalue weighted by Gasteiger charge is 2.19. The number of hydrogen-bond acceptors (Lipinski definition) is 2. The topological polar surface area (TPSA) is 29.5 Å². The summed E-state index contributed by atoms with van der Waals surface area (Å²) in [6, 6.07) is 0. The Morgan fingerprint density at radius 3 is 2.57 bits per heavy atom. The normalized spacial score (nSPS) is 16.8. The van der Waals surface area contributed by atoms with Gasteiger partial charge in [0.05, 0.1) is 12.2 Å². The van der Waals surface area contributed by atoms with Gasteiger partial charge in [-0.15, -0.1) is 0 Å². The lowest BCUT2D eigenvalue weighted by atomic mass is 9.94. The van der Waals surface area contributed by atoms with Gasteiger partial charge < -0.3 is 9.84 Å². The Kier molecular flexibility index (Phi) is 6.85. The van der Waals surface area contributed by atoms with Gasteiger partial charge in [0.1, 0.15) is 0 Å². The molecule has 2 heteroatoms. The highest BCUT2D eigenvalue weighted by Crippen LogP contribution is 2.22. The second kappa shape index (κ2) is 7.02. The number of aliphatic hydroxyl groups excluding tert-OH is 1. The molecular weight excluding hydrogens is 176 g/mol. The third kappa shape index (κ3) is 5.40. The van der Waals surface area contributed by atoms with Crippen LogP contribution in [-0.4, -0.2) is 24.4 Å². The first-order valence-electron chi connectivity index (χ1n) is 5.39. The molecule has 84 valence electrons. The Morgan fingerprint density at radius 2 is 2.14 bits per heavy atom. The first kappa shape index (κ1) is 13.7. The molecule has 0 radical (unpaired) electrons. The molecule has 1 atom stereocenters. The van der Waals surface area contributed by atoms with Gasteiger partial charge in [-0.1, -0.05) is 18.6 Å². The molecule has 14 heavy (non-hydrogen) atoms. The van der Waals surface area contributed by atoms with E-state index in [9.17, 15) is 0 Å². The van der Waals surface area contributed by atoms with Gasteiger partial charge in [0, 0.05) is 7.11 Å². The Morgan fingerprint density at radius 1 is 1.50 bits per heavy atom. The van der Waals surface area contributed by atoms with Gasteiger partial charge in [-0.05, 0) is 39.5 Å². The van der Waals surface area contributed by atoms with Gasteiger partial charge >= 0.3 is 0 Å². The van der Waals surface area contributed by atoms with Crippen LogP contribution in [0.2, 0.25) is 0 Å². The number of ether oxygens (including phenoxy) is 1. The zero-order chi connectivity index (χ0) is 11.0. The molecule has 0 saturated carbocycles. The molecule has 2 nitrogen and oxygen atoms in total. The molecule has 0 amide bonds. The third-order valence-electron chi connectivity index (χ3n) is 2.96. The molecule has 0 aliphatic rings. The number of hydrogen-bond donors (Lipinski definition) is 1. The predicted octanol–water partition coefficient (Wildman–Crippen LogP) is 2.91. The van der Waals surface area contributed by atoms with Crippen LogP contribution >= 0.6 is 0 Å². The van der Waals surface area contributed by atoms with Gasteiger partial charge in [0.2, 0.25) is 0 Å². The zero-order valence-electron chi connectivity index (χ0n) is 9.97. The molecule has 0 rings (SSSR count). The van der Waals surface area contributed by atoms with Crippen molar-refractivity contribution in [1.29, 1.82) is 0 Å². The van der Waals surface area contributed by atoms with Crippen molar-refractivity contribution in [3.63, 3.8) is 0 Å². The Hall–Kier alpha value is -0.340. The molecule has 0 aliphatic heterocycles. The molecule has 1 N–H and O–H groups in total. The minimum Gasteiger partial charge on any atom is -0.392 e. The minimum absolute atomic E-state index is 0.0273. The quantitative estimate of drug-likeness (QED) is 0.640. The SMILES string of the molecule is CCC(C)(CCC/C(C)=C/CO)OC. The Bertz CT molecular complexity index is 169. The van der Waals surface area contributed by atoms with Gasteiger partial charge in [0.25, 0.3) is 0 Å². The lowest BCUT2D eigenvalue weighted by molar-refractivity contribution is -0.00563. The van der Waals surface area contributed by atoms with Crippen LogP contribution in [0.15, 0.2) is 11.6 Å². The number of allylic oxidation sites excluding steroid dienone is 1. The van der Waals surface area contributed by atoms with E-state index >= 15 is 0 Å². The van der Waals surface area contributed by atoms with Gasteiger partial charge in [0.15, 0.2) is 0 Å². The van der Waals surface area contributed by atoms with Crippen LogP contribution in [0, 0.1) is 0 Å². The smallest absolute Gasteiger partial charge is 0.0648 e. The first-order chi connectivity index (χ1) is 6.58. The first-order valence-corrected chi connectivity index (χ1v) is 5.39. The molecule has 0 aromatic rings. The van der Waals surface area contributed by atoms with Crippen molar-refractivity contribution < 1.29 is 9.84 Å². The summed E-state index contributed by atoms with van der Waals surface area (Å²) in [6.45, 7) is 6.52. The van der Waals surface area contributed by atoms with E-state index in [4.69, 9.17) is 9.84 Å². The summed E-state index contributed by atoms with van der Waals surface area (Å²) < 4.78 is 5.46. The average molecular weight is 200 g/mol. The summed E-state index contributed by atoms with van der Waals surface area (Å²) in [5, 5.41) is 8.69. The molecule has 0 fully saturated rings. The summed E-state index contributed by atoms with van der Waals surface area (Å²) in [5.41, 5.74) is 1.29. The maximum Gasteiger partial charge on any atom is 0.0648 e. The van der Waals surface area contributed by atoms with E-state index in [1.807, 2.05) is 6.08 Å². The Labute approximate surface area is 88.0 Å². The van der Waals surface area contributed by atoms with Crippen LogP contribution in [0.1, 0.15) is 46.5 Å². The lowest BCUT2D eigenvalue weighted by Gasteiger charge is -2.26. The summed E-state index contributed by atoms with van der Waals surface area (Å²) in [6.07, 6.45) is 6.18. The molecule has 1 unspecified atom stereocenters. The maximum absolute atomic E-state index is 8.69. The fourth-order valence-corrected chi connectivity index (χ4v) is 1.42. The third-order valence-corrected chi connectivity index (χ3v) is 2.96. The van der Waals surface area contributed by atoms with Crippen molar-refractivity contribution >= 4 is 0 Å². The molecule has 0 saturated heterocycles. The summed E-state index contributed by atoms with van der Waals surface area (Å²) in [7, 11) is 1.78. The van der Waals surface area contributed by atoms with Crippen molar-refractivity contribution in [3.05, 3.63) is 11.6 Å². The van der Waals surface area contributed by atoms with E-state index in [-0.39, 0.29) is 12.2 Å². The average Bonchev–Trinajstić information content (AvgIpc) is 2.18. The molecule has 0 aliphatic carbocycles. The van der Waals surface area contributed by atoms with E-state index in [0.717, 1.165) is 25.7 Å². The van der Waals surface area contributed by atoms with Crippen LogP contribution in [0.5, 0.6) is 0 Å². The zero-order valence-corrected chi connectivity index (χ0v) is 9.97. The number of methoxy groups -OCH3 is 1. The fraction of sp³-hybridized carbons (Fsp3) is 0.833. The van der Waals surface area contributed by atoms with Gasteiger partial charge in [-0.25, -0.2) is 0 Å². The highest BCUT2D eigenvalue weighted by atomic mass is 16.5. The van der Waals surface area contributed by atoms with E-state index in [1.165, 1.54) is 5.57 Å². The second-order valence-electron chi connectivity index (χ2n) is 4.09. The summed E-state index contributed by atoms with van der Waals surface area (Å²) in [5.74, 6) is 0. The summed E-state index contributed by atoms with van der Waals surface area (Å²) in [4.78, 5) is 0. The molecular formula is C12H24O2. The van der Waals surface area contributed by atoms with Crippen molar-refractivity contribution in [1.82, 2.24) is 0 Å². The maximum atomic E-state index is 8.69. The van der Waals surface area contributed by atoms with Gasteiger partial charge in [-0.2, -0.15) is 0 Å². The lowest BCUT2D eigenvalue weighted by Crippen LogP contribution is -2.25. The molecule has 0 spiro atoms. The molecule has 0 aromatic carbocycles.